The van der Waals surface area contributed by atoms with E-state index in [9.17, 15) is 4.79 Å². The molecule has 0 bridgehead atoms. The summed E-state index contributed by atoms with van der Waals surface area (Å²) in [4.78, 5) is 12.8. The molecule has 0 radical (unpaired) electrons. The second kappa shape index (κ2) is 22.3. The van der Waals surface area contributed by atoms with Crippen molar-refractivity contribution in [1.82, 2.24) is 0 Å². The number of esters is 1. The molecule has 0 saturated heterocycles. The molecule has 0 aromatic rings. The molecule has 0 N–H and O–H groups in total. The topological polar surface area (TPSA) is 26.3 Å². The second-order valence-electron chi connectivity index (χ2n) is 18.3. The average molecular weight is 725 g/mol. The first-order valence-electron chi connectivity index (χ1n) is 22.4. The lowest BCUT2D eigenvalue weighted by molar-refractivity contribution is -0.151. The molecule has 0 heterocycles. The van der Waals surface area contributed by atoms with Crippen LogP contribution >= 0.6 is 0 Å². The van der Waals surface area contributed by atoms with Gasteiger partial charge in [-0.15, -0.1) is 0 Å². The molecule has 0 amide bonds. The molecule has 296 valence electrons. The lowest BCUT2D eigenvalue weighted by Gasteiger charge is -2.58. The molecule has 9 atom stereocenters. The Morgan fingerprint density at radius 2 is 1.36 bits per heavy atom. The zero-order chi connectivity index (χ0) is 38.1. The van der Waals surface area contributed by atoms with Crippen LogP contribution in [0.1, 0.15) is 170 Å². The van der Waals surface area contributed by atoms with Gasteiger partial charge >= 0.3 is 5.97 Å². The molecule has 2 nitrogen and oxygen atoms in total. The first-order valence-corrected chi connectivity index (χ1v) is 22.4. The summed E-state index contributed by atoms with van der Waals surface area (Å²) in [5.74, 6) is 5.97. The standard InChI is InChI=1S/C51H80O2/c1-8-10-11-12-13-14-15-16-17-18-19-20-21-22-23-24-25-26-27-28-49(52)53-44-35-37-50(6)43(39-44)31-32-45-47-34-33-46(51(47,7)38-36-48(45)50)41(5)29-30-42(9-2)40(3)4/h10-11,13-14,16-17,19-20,22-23,25-26,31,40-42,44-48H,8-9,12,15,18,21,24,27-30,32-39H2,1-7H3/b11-10-,14-13-,17-16-,20-19-,23-22-,26-25-. The van der Waals surface area contributed by atoms with Crippen LogP contribution in [0.15, 0.2) is 84.6 Å². The summed E-state index contributed by atoms with van der Waals surface area (Å²) in [6, 6.07) is 0. The van der Waals surface area contributed by atoms with Crippen molar-refractivity contribution in [1.29, 1.82) is 0 Å². The van der Waals surface area contributed by atoms with E-state index in [2.05, 4.69) is 127 Å². The molecule has 0 spiro atoms. The van der Waals surface area contributed by atoms with Crippen molar-refractivity contribution < 1.29 is 9.53 Å². The van der Waals surface area contributed by atoms with Crippen molar-refractivity contribution in [3.8, 4) is 0 Å². The van der Waals surface area contributed by atoms with Crippen molar-refractivity contribution in [3.63, 3.8) is 0 Å². The number of hydrogen-bond acceptors (Lipinski definition) is 2. The number of carbonyl (C=O) groups is 1. The number of rotatable bonds is 21. The summed E-state index contributed by atoms with van der Waals surface area (Å²) < 4.78 is 6.10. The predicted octanol–water partition coefficient (Wildman–Crippen LogP) is 15.1. The lowest BCUT2D eigenvalue weighted by atomic mass is 9.47. The predicted molar refractivity (Wildman–Crippen MR) is 230 cm³/mol. The summed E-state index contributed by atoms with van der Waals surface area (Å²) in [6.45, 7) is 17.3. The van der Waals surface area contributed by atoms with Crippen LogP contribution in [-0.2, 0) is 9.53 Å². The van der Waals surface area contributed by atoms with Gasteiger partial charge in [0.2, 0.25) is 0 Å². The van der Waals surface area contributed by atoms with Gasteiger partial charge in [0, 0.05) is 12.8 Å². The molecular weight excluding hydrogens is 645 g/mol. The highest BCUT2D eigenvalue weighted by atomic mass is 16.5. The fraction of sp³-hybridized carbons (Fsp3) is 0.706. The summed E-state index contributed by atoms with van der Waals surface area (Å²) in [5, 5.41) is 0. The minimum atomic E-state index is -0.0226. The summed E-state index contributed by atoms with van der Waals surface area (Å²) in [6.07, 6.45) is 50.9. The quantitative estimate of drug-likeness (QED) is 0.0870. The van der Waals surface area contributed by atoms with E-state index in [0.717, 1.165) is 99.2 Å². The van der Waals surface area contributed by atoms with Gasteiger partial charge < -0.3 is 4.74 Å². The molecule has 4 aliphatic carbocycles. The number of fused-ring (bicyclic) bond motifs is 5. The monoisotopic (exact) mass is 725 g/mol. The van der Waals surface area contributed by atoms with E-state index < -0.39 is 0 Å². The molecule has 3 saturated carbocycles. The van der Waals surface area contributed by atoms with Gasteiger partial charge in [-0.05, 0) is 149 Å². The van der Waals surface area contributed by atoms with Crippen LogP contribution in [-0.4, -0.2) is 12.1 Å². The SMILES string of the molecule is CC/C=C\C/C=C\C/C=C\C/C=C\C/C=C\C/C=C\CCC(=O)OC1CCC2(C)C(=CCC3C2CCC2(C)C(C(C)CCC(CC)C(C)C)CCC32)C1. The van der Waals surface area contributed by atoms with E-state index in [-0.39, 0.29) is 12.1 Å². The van der Waals surface area contributed by atoms with Gasteiger partial charge in [0.05, 0.1) is 0 Å². The molecule has 4 aliphatic rings. The van der Waals surface area contributed by atoms with E-state index in [0.29, 0.717) is 17.3 Å². The summed E-state index contributed by atoms with van der Waals surface area (Å²) >= 11 is 0. The number of hydrogen-bond donors (Lipinski definition) is 0. The van der Waals surface area contributed by atoms with Gasteiger partial charge in [-0.3, -0.25) is 4.79 Å². The number of allylic oxidation sites excluding steroid dienone is 13. The molecule has 4 rings (SSSR count). The Bertz CT molecular complexity index is 1310. The zero-order valence-electron chi connectivity index (χ0n) is 35.4. The molecule has 0 aliphatic heterocycles. The fourth-order valence-corrected chi connectivity index (χ4v) is 11.5. The molecule has 2 heteroatoms. The largest absolute Gasteiger partial charge is 0.462 e. The lowest BCUT2D eigenvalue weighted by Crippen LogP contribution is -2.51. The first-order chi connectivity index (χ1) is 25.6. The second-order valence-corrected chi connectivity index (χ2v) is 18.3. The Hall–Kier alpha value is -2.35. The highest BCUT2D eigenvalue weighted by molar-refractivity contribution is 5.69. The molecule has 9 unspecified atom stereocenters. The van der Waals surface area contributed by atoms with Crippen LogP contribution in [0.25, 0.3) is 0 Å². The van der Waals surface area contributed by atoms with Gasteiger partial charge in [-0.2, -0.15) is 0 Å². The highest BCUT2D eigenvalue weighted by Gasteiger charge is 2.59. The van der Waals surface area contributed by atoms with Crippen LogP contribution in [0.4, 0.5) is 0 Å². The van der Waals surface area contributed by atoms with Crippen LogP contribution in [0.3, 0.4) is 0 Å². The van der Waals surface area contributed by atoms with Crippen LogP contribution in [0, 0.1) is 52.3 Å². The van der Waals surface area contributed by atoms with Crippen LogP contribution in [0.2, 0.25) is 0 Å². The Labute approximate surface area is 327 Å². The van der Waals surface area contributed by atoms with Crippen molar-refractivity contribution in [3.05, 3.63) is 84.6 Å². The van der Waals surface area contributed by atoms with Gasteiger partial charge in [0.15, 0.2) is 0 Å². The normalized spacial score (nSPS) is 31.6. The van der Waals surface area contributed by atoms with E-state index in [1.807, 2.05) is 0 Å². The molecular formula is C51H80O2. The van der Waals surface area contributed by atoms with E-state index in [4.69, 9.17) is 4.74 Å². The maximum Gasteiger partial charge on any atom is 0.306 e. The van der Waals surface area contributed by atoms with E-state index in [1.54, 1.807) is 5.57 Å². The van der Waals surface area contributed by atoms with E-state index >= 15 is 0 Å². The molecule has 3 fully saturated rings. The summed E-state index contributed by atoms with van der Waals surface area (Å²) in [7, 11) is 0. The van der Waals surface area contributed by atoms with Gasteiger partial charge in [0.1, 0.15) is 6.10 Å². The maximum atomic E-state index is 12.8. The average Bonchev–Trinajstić information content (AvgIpc) is 3.50. The smallest absolute Gasteiger partial charge is 0.306 e. The first kappa shape index (κ1) is 43.4. The van der Waals surface area contributed by atoms with Gasteiger partial charge in [0.25, 0.3) is 0 Å². The highest BCUT2D eigenvalue weighted by Crippen LogP contribution is 2.67. The van der Waals surface area contributed by atoms with Gasteiger partial charge in [-0.25, -0.2) is 0 Å². The summed E-state index contributed by atoms with van der Waals surface area (Å²) in [5.41, 5.74) is 2.44. The Kier molecular flexibility index (Phi) is 18.2. The van der Waals surface area contributed by atoms with Crippen LogP contribution < -0.4 is 0 Å². The maximum absolute atomic E-state index is 12.8. The third-order valence-electron chi connectivity index (χ3n) is 14.7. The molecule has 0 aromatic heterocycles. The molecule has 53 heavy (non-hydrogen) atoms. The van der Waals surface area contributed by atoms with E-state index in [1.165, 1.54) is 57.8 Å². The Morgan fingerprint density at radius 1 is 0.755 bits per heavy atom. The number of carbonyl (C=O) groups excluding carboxylic acids is 1. The minimum Gasteiger partial charge on any atom is -0.462 e. The fourth-order valence-electron chi connectivity index (χ4n) is 11.5. The van der Waals surface area contributed by atoms with Crippen molar-refractivity contribution in [2.75, 3.05) is 0 Å². The Morgan fingerprint density at radius 3 is 1.94 bits per heavy atom. The number of ether oxygens (including phenoxy) is 1. The van der Waals surface area contributed by atoms with Crippen molar-refractivity contribution in [2.45, 2.75) is 177 Å². The zero-order valence-corrected chi connectivity index (χ0v) is 35.4. The third-order valence-corrected chi connectivity index (χ3v) is 14.7. The third kappa shape index (κ3) is 12.3. The van der Waals surface area contributed by atoms with Crippen LogP contribution in [0.5, 0.6) is 0 Å². The molecule has 0 aromatic carbocycles. The van der Waals surface area contributed by atoms with Gasteiger partial charge in [-0.1, -0.05) is 146 Å². The Balaban J connectivity index is 1.13. The van der Waals surface area contributed by atoms with Crippen molar-refractivity contribution >= 4 is 5.97 Å². The van der Waals surface area contributed by atoms with Crippen molar-refractivity contribution in [2.24, 2.45) is 52.3 Å². The minimum absolute atomic E-state index is 0.0226.